The van der Waals surface area contributed by atoms with Crippen molar-refractivity contribution in [3.63, 3.8) is 0 Å². The fourth-order valence-electron chi connectivity index (χ4n) is 2.01. The smallest absolute Gasteiger partial charge is 0.248 e. The van der Waals surface area contributed by atoms with Crippen LogP contribution in [0.2, 0.25) is 0 Å². The third-order valence-corrected chi connectivity index (χ3v) is 3.14. The van der Waals surface area contributed by atoms with Gasteiger partial charge in [0.1, 0.15) is 5.75 Å². The number of hydrogen-bond acceptors (Lipinski definition) is 4. The standard InChI is InChI=1S/C17H16N2O2/c1-3-20-15-10-8-14(9-11-15)17-19-18-16(21-17)13-6-4-12(2)5-7-13/h4-11H,3H2,1-2H3. The van der Waals surface area contributed by atoms with Gasteiger partial charge in [-0.15, -0.1) is 10.2 Å². The van der Waals surface area contributed by atoms with Gasteiger partial charge in [-0.05, 0) is 50.2 Å². The lowest BCUT2D eigenvalue weighted by molar-refractivity contribution is 0.340. The fourth-order valence-corrected chi connectivity index (χ4v) is 2.01. The summed E-state index contributed by atoms with van der Waals surface area (Å²) in [6.07, 6.45) is 0. The molecule has 21 heavy (non-hydrogen) atoms. The van der Waals surface area contributed by atoms with Crippen LogP contribution >= 0.6 is 0 Å². The molecule has 106 valence electrons. The molecule has 0 N–H and O–H groups in total. The van der Waals surface area contributed by atoms with Gasteiger partial charge in [0.25, 0.3) is 0 Å². The second-order valence-electron chi connectivity index (χ2n) is 4.74. The second-order valence-corrected chi connectivity index (χ2v) is 4.74. The molecule has 1 aromatic heterocycles. The van der Waals surface area contributed by atoms with Gasteiger partial charge in [-0.25, -0.2) is 0 Å². The monoisotopic (exact) mass is 280 g/mol. The largest absolute Gasteiger partial charge is 0.494 e. The van der Waals surface area contributed by atoms with Crippen molar-refractivity contribution in [2.45, 2.75) is 13.8 Å². The van der Waals surface area contributed by atoms with Gasteiger partial charge in [0, 0.05) is 11.1 Å². The minimum Gasteiger partial charge on any atom is -0.494 e. The summed E-state index contributed by atoms with van der Waals surface area (Å²) < 4.78 is 11.1. The summed E-state index contributed by atoms with van der Waals surface area (Å²) in [5, 5.41) is 8.21. The predicted octanol–water partition coefficient (Wildman–Crippen LogP) is 4.11. The zero-order valence-corrected chi connectivity index (χ0v) is 12.0. The average Bonchev–Trinajstić information content (AvgIpc) is 2.99. The molecule has 1 heterocycles. The summed E-state index contributed by atoms with van der Waals surface area (Å²) in [6.45, 7) is 4.65. The molecule has 2 aromatic carbocycles. The Morgan fingerprint density at radius 2 is 1.38 bits per heavy atom. The Balaban J connectivity index is 1.85. The van der Waals surface area contributed by atoms with Crippen molar-refractivity contribution in [2.24, 2.45) is 0 Å². The molecule has 0 radical (unpaired) electrons. The van der Waals surface area contributed by atoms with Crippen LogP contribution in [0.4, 0.5) is 0 Å². The molecule has 0 atom stereocenters. The van der Waals surface area contributed by atoms with E-state index in [2.05, 4.69) is 10.2 Å². The van der Waals surface area contributed by atoms with Crippen LogP contribution in [0, 0.1) is 6.92 Å². The van der Waals surface area contributed by atoms with Crippen LogP contribution < -0.4 is 4.74 Å². The van der Waals surface area contributed by atoms with Crippen LogP contribution in [-0.4, -0.2) is 16.8 Å². The highest BCUT2D eigenvalue weighted by Crippen LogP contribution is 2.25. The molecule has 3 aromatic rings. The highest BCUT2D eigenvalue weighted by Gasteiger charge is 2.10. The van der Waals surface area contributed by atoms with Crippen molar-refractivity contribution in [1.82, 2.24) is 10.2 Å². The van der Waals surface area contributed by atoms with Gasteiger partial charge in [0.15, 0.2) is 0 Å². The van der Waals surface area contributed by atoms with Gasteiger partial charge in [-0.2, -0.15) is 0 Å². The number of ether oxygens (including phenoxy) is 1. The molecule has 0 unspecified atom stereocenters. The minimum absolute atomic E-state index is 0.508. The topological polar surface area (TPSA) is 48.2 Å². The molecule has 4 nitrogen and oxygen atoms in total. The van der Waals surface area contributed by atoms with Crippen molar-refractivity contribution in [2.75, 3.05) is 6.61 Å². The fraction of sp³-hybridized carbons (Fsp3) is 0.176. The van der Waals surface area contributed by atoms with Crippen LogP contribution in [-0.2, 0) is 0 Å². The quantitative estimate of drug-likeness (QED) is 0.721. The lowest BCUT2D eigenvalue weighted by atomic mass is 10.1. The number of nitrogens with zero attached hydrogens (tertiary/aromatic N) is 2. The molecule has 0 saturated carbocycles. The van der Waals surface area contributed by atoms with E-state index in [1.807, 2.05) is 62.4 Å². The molecule has 0 aliphatic rings. The molecule has 0 aliphatic carbocycles. The van der Waals surface area contributed by atoms with E-state index in [1.165, 1.54) is 5.56 Å². The van der Waals surface area contributed by atoms with E-state index in [0.717, 1.165) is 16.9 Å². The van der Waals surface area contributed by atoms with Crippen LogP contribution in [0.15, 0.2) is 52.9 Å². The number of aromatic nitrogens is 2. The lowest BCUT2D eigenvalue weighted by Gasteiger charge is -2.02. The van der Waals surface area contributed by atoms with E-state index in [9.17, 15) is 0 Å². The molecule has 0 amide bonds. The number of benzene rings is 2. The first-order valence-corrected chi connectivity index (χ1v) is 6.90. The molecular formula is C17H16N2O2. The van der Waals surface area contributed by atoms with Crippen molar-refractivity contribution < 1.29 is 9.15 Å². The SMILES string of the molecule is CCOc1ccc(-c2nnc(-c3ccc(C)cc3)o2)cc1. The zero-order chi connectivity index (χ0) is 14.7. The highest BCUT2D eigenvalue weighted by atomic mass is 16.5. The van der Waals surface area contributed by atoms with Gasteiger partial charge in [0.2, 0.25) is 11.8 Å². The average molecular weight is 280 g/mol. The summed E-state index contributed by atoms with van der Waals surface area (Å²) in [7, 11) is 0. The molecule has 0 spiro atoms. The molecule has 0 saturated heterocycles. The summed E-state index contributed by atoms with van der Waals surface area (Å²) >= 11 is 0. The van der Waals surface area contributed by atoms with Crippen molar-refractivity contribution in [1.29, 1.82) is 0 Å². The maximum atomic E-state index is 5.73. The Kier molecular flexibility index (Phi) is 3.69. The second kappa shape index (κ2) is 5.79. The van der Waals surface area contributed by atoms with Gasteiger partial charge < -0.3 is 9.15 Å². The van der Waals surface area contributed by atoms with Crippen molar-refractivity contribution in [3.8, 4) is 28.7 Å². The molecule has 0 fully saturated rings. The van der Waals surface area contributed by atoms with Crippen molar-refractivity contribution in [3.05, 3.63) is 54.1 Å². The Hall–Kier alpha value is -2.62. The van der Waals surface area contributed by atoms with E-state index in [0.29, 0.717) is 18.4 Å². The predicted molar refractivity (Wildman–Crippen MR) is 81.1 cm³/mol. The van der Waals surface area contributed by atoms with E-state index < -0.39 is 0 Å². The Morgan fingerprint density at radius 1 is 0.857 bits per heavy atom. The van der Waals surface area contributed by atoms with E-state index in [-0.39, 0.29) is 0 Å². The molecule has 0 aliphatic heterocycles. The summed E-state index contributed by atoms with van der Waals surface area (Å²) in [5.41, 5.74) is 3.00. The number of rotatable bonds is 4. The third kappa shape index (κ3) is 2.94. The molecular weight excluding hydrogens is 264 g/mol. The van der Waals surface area contributed by atoms with Crippen molar-refractivity contribution >= 4 is 0 Å². The number of aryl methyl sites for hydroxylation is 1. The van der Waals surface area contributed by atoms with Crippen LogP contribution in [0.3, 0.4) is 0 Å². The number of hydrogen-bond donors (Lipinski definition) is 0. The normalized spacial score (nSPS) is 10.6. The first kappa shape index (κ1) is 13.4. The van der Waals surface area contributed by atoms with Crippen LogP contribution in [0.1, 0.15) is 12.5 Å². The lowest BCUT2D eigenvalue weighted by Crippen LogP contribution is -1.90. The highest BCUT2D eigenvalue weighted by molar-refractivity contribution is 5.58. The van der Waals surface area contributed by atoms with E-state index in [4.69, 9.17) is 9.15 Å². The first-order valence-electron chi connectivity index (χ1n) is 6.90. The summed E-state index contributed by atoms with van der Waals surface area (Å²) in [4.78, 5) is 0. The van der Waals surface area contributed by atoms with Crippen LogP contribution in [0.25, 0.3) is 22.9 Å². The van der Waals surface area contributed by atoms with E-state index in [1.54, 1.807) is 0 Å². The zero-order valence-electron chi connectivity index (χ0n) is 12.0. The van der Waals surface area contributed by atoms with E-state index >= 15 is 0 Å². The molecule has 3 rings (SSSR count). The molecule has 0 bridgehead atoms. The molecule has 4 heteroatoms. The van der Waals surface area contributed by atoms with Gasteiger partial charge >= 0.3 is 0 Å². The van der Waals surface area contributed by atoms with Gasteiger partial charge in [-0.1, -0.05) is 17.7 Å². The first-order chi connectivity index (χ1) is 10.3. The van der Waals surface area contributed by atoms with Crippen LogP contribution in [0.5, 0.6) is 5.75 Å². The Labute approximate surface area is 123 Å². The minimum atomic E-state index is 0.508. The van der Waals surface area contributed by atoms with Gasteiger partial charge in [0.05, 0.1) is 6.61 Å². The Bertz CT molecular complexity index is 715. The Morgan fingerprint density at radius 3 is 1.90 bits per heavy atom. The third-order valence-electron chi connectivity index (χ3n) is 3.14. The summed E-state index contributed by atoms with van der Waals surface area (Å²) in [6, 6.07) is 15.6. The maximum absolute atomic E-state index is 5.73. The summed E-state index contributed by atoms with van der Waals surface area (Å²) in [5.74, 6) is 1.87. The van der Waals surface area contributed by atoms with Gasteiger partial charge in [-0.3, -0.25) is 0 Å². The maximum Gasteiger partial charge on any atom is 0.248 e.